The van der Waals surface area contributed by atoms with Crippen LogP contribution >= 0.6 is 0 Å². The van der Waals surface area contributed by atoms with E-state index in [1.165, 1.54) is 0 Å². The van der Waals surface area contributed by atoms with Crippen molar-refractivity contribution < 1.29 is 9.53 Å². The molecule has 0 saturated heterocycles. The summed E-state index contributed by atoms with van der Waals surface area (Å²) in [5.74, 6) is 1.57. The Labute approximate surface area is 188 Å². The zero-order valence-electron chi connectivity index (χ0n) is 19.3. The number of aryl methyl sites for hydroxylation is 1. The quantitative estimate of drug-likeness (QED) is 0.586. The molecule has 0 bridgehead atoms. The molecule has 8 nitrogen and oxygen atoms in total. The zero-order chi connectivity index (χ0) is 22.7. The molecule has 2 N–H and O–H groups in total. The van der Waals surface area contributed by atoms with Gasteiger partial charge in [-0.05, 0) is 44.7 Å². The second kappa shape index (κ2) is 9.65. The number of fused-ring (bicyclic) bond motifs is 1. The maximum absolute atomic E-state index is 12.0. The summed E-state index contributed by atoms with van der Waals surface area (Å²) in [6, 6.07) is 10.5. The summed E-state index contributed by atoms with van der Waals surface area (Å²) >= 11 is 0. The predicted molar refractivity (Wildman–Crippen MR) is 125 cm³/mol. The van der Waals surface area contributed by atoms with Crippen LogP contribution in [0.2, 0.25) is 0 Å². The maximum atomic E-state index is 12.0. The van der Waals surface area contributed by atoms with Crippen LogP contribution in [0, 0.1) is 12.8 Å². The Morgan fingerprint density at radius 2 is 1.81 bits per heavy atom. The van der Waals surface area contributed by atoms with Gasteiger partial charge in [0.05, 0.1) is 16.8 Å². The first-order valence-electron chi connectivity index (χ1n) is 11.3. The second-order valence-corrected chi connectivity index (χ2v) is 8.81. The van der Waals surface area contributed by atoms with Gasteiger partial charge in [-0.25, -0.2) is 14.6 Å². The van der Waals surface area contributed by atoms with Crippen molar-refractivity contribution in [1.82, 2.24) is 25.1 Å². The Balaban J connectivity index is 1.59. The van der Waals surface area contributed by atoms with E-state index in [0.717, 1.165) is 53.9 Å². The number of carbonyl (C=O) groups is 1. The molecule has 3 aromatic rings. The average molecular weight is 437 g/mol. The number of anilines is 1. The molecule has 32 heavy (non-hydrogen) atoms. The molecule has 1 aliphatic carbocycles. The summed E-state index contributed by atoms with van der Waals surface area (Å²) in [5, 5.41) is 12.5. The highest BCUT2D eigenvalue weighted by atomic mass is 16.5. The van der Waals surface area contributed by atoms with Crippen molar-refractivity contribution >= 4 is 22.8 Å². The molecule has 0 unspecified atom stereocenters. The molecule has 170 valence electrons. The van der Waals surface area contributed by atoms with Crippen LogP contribution in [-0.4, -0.2) is 44.8 Å². The summed E-state index contributed by atoms with van der Waals surface area (Å²) in [6.45, 7) is 6.18. The van der Waals surface area contributed by atoms with E-state index >= 15 is 0 Å². The van der Waals surface area contributed by atoms with E-state index in [1.54, 1.807) is 7.11 Å². The Morgan fingerprint density at radius 1 is 1.12 bits per heavy atom. The molecule has 2 heterocycles. The van der Waals surface area contributed by atoms with Crippen LogP contribution in [0.4, 0.5) is 5.82 Å². The molecular weight excluding hydrogens is 404 g/mol. The first kappa shape index (κ1) is 22.2. The molecule has 1 aromatic carbocycles. The molecule has 0 aliphatic heterocycles. The van der Waals surface area contributed by atoms with Crippen LogP contribution in [0.25, 0.3) is 16.7 Å². The van der Waals surface area contributed by atoms with Gasteiger partial charge in [-0.15, -0.1) is 0 Å². The largest absolute Gasteiger partial charge is 0.377 e. The van der Waals surface area contributed by atoms with Crippen LogP contribution in [0.5, 0.6) is 0 Å². The van der Waals surface area contributed by atoms with Crippen molar-refractivity contribution in [1.29, 1.82) is 0 Å². The van der Waals surface area contributed by atoms with Gasteiger partial charge in [-0.2, -0.15) is 5.10 Å². The van der Waals surface area contributed by atoms with E-state index in [1.807, 2.05) is 55.8 Å². The van der Waals surface area contributed by atoms with Crippen LogP contribution in [0.3, 0.4) is 0 Å². The number of benzene rings is 1. The standard InChI is InChI=1S/C24H32N6O2/c1-15(2)24(31)26-18-12-10-17(11-13-18)25-22-21-16(3)29-30(19-8-6-5-7-9-19)23(21)28-20(27-22)14-32-4/h5-9,15,17-18H,10-14H2,1-4H3,(H,26,31)(H,25,27,28). The lowest BCUT2D eigenvalue weighted by molar-refractivity contribution is -0.124. The van der Waals surface area contributed by atoms with Crippen LogP contribution in [0.15, 0.2) is 30.3 Å². The minimum absolute atomic E-state index is 0.0171. The molecule has 1 saturated carbocycles. The molecule has 8 heteroatoms. The van der Waals surface area contributed by atoms with Crippen molar-refractivity contribution in [2.24, 2.45) is 5.92 Å². The van der Waals surface area contributed by atoms with E-state index in [0.29, 0.717) is 12.4 Å². The van der Waals surface area contributed by atoms with E-state index < -0.39 is 0 Å². The molecule has 0 atom stereocenters. The van der Waals surface area contributed by atoms with Gasteiger partial charge in [0.25, 0.3) is 0 Å². The highest BCUT2D eigenvalue weighted by Crippen LogP contribution is 2.29. The van der Waals surface area contributed by atoms with Gasteiger partial charge < -0.3 is 15.4 Å². The van der Waals surface area contributed by atoms with E-state index in [9.17, 15) is 4.79 Å². The highest BCUT2D eigenvalue weighted by Gasteiger charge is 2.25. The van der Waals surface area contributed by atoms with E-state index in [-0.39, 0.29) is 23.9 Å². The first-order chi connectivity index (χ1) is 15.5. The number of methoxy groups -OCH3 is 1. The molecular formula is C24H32N6O2. The van der Waals surface area contributed by atoms with Gasteiger partial charge in [0.15, 0.2) is 11.5 Å². The second-order valence-electron chi connectivity index (χ2n) is 8.81. The summed E-state index contributed by atoms with van der Waals surface area (Å²) in [5.41, 5.74) is 2.62. The highest BCUT2D eigenvalue weighted by molar-refractivity contribution is 5.90. The number of carbonyl (C=O) groups excluding carboxylic acids is 1. The van der Waals surface area contributed by atoms with Crippen LogP contribution in [-0.2, 0) is 16.1 Å². The predicted octanol–water partition coefficient (Wildman–Crippen LogP) is 3.77. The van der Waals surface area contributed by atoms with Gasteiger partial charge in [0, 0.05) is 25.1 Å². The third-order valence-electron chi connectivity index (χ3n) is 5.96. The molecule has 0 radical (unpaired) electrons. The van der Waals surface area contributed by atoms with E-state index in [4.69, 9.17) is 19.8 Å². The number of hydrogen-bond donors (Lipinski definition) is 2. The lowest BCUT2D eigenvalue weighted by Gasteiger charge is -2.30. The first-order valence-corrected chi connectivity index (χ1v) is 11.3. The van der Waals surface area contributed by atoms with Crippen molar-refractivity contribution in [2.75, 3.05) is 12.4 Å². The molecule has 1 aliphatic rings. The van der Waals surface area contributed by atoms with Crippen LogP contribution < -0.4 is 10.6 Å². The average Bonchev–Trinajstić information content (AvgIpc) is 3.12. The van der Waals surface area contributed by atoms with Gasteiger partial charge in [0.1, 0.15) is 12.4 Å². The Hall–Kier alpha value is -3.00. The van der Waals surface area contributed by atoms with E-state index in [2.05, 4.69) is 10.6 Å². The number of aromatic nitrogens is 4. The molecule has 0 spiro atoms. The minimum Gasteiger partial charge on any atom is -0.377 e. The number of para-hydroxylation sites is 1. The summed E-state index contributed by atoms with van der Waals surface area (Å²) in [4.78, 5) is 21.5. The topological polar surface area (TPSA) is 94.0 Å². The molecule has 1 fully saturated rings. The SMILES string of the molecule is COCc1nc(NC2CCC(NC(=O)C(C)C)CC2)c2c(C)nn(-c3ccccc3)c2n1. The van der Waals surface area contributed by atoms with Crippen molar-refractivity contribution in [3.8, 4) is 5.69 Å². The number of nitrogens with one attached hydrogen (secondary N) is 2. The van der Waals surface area contributed by atoms with Crippen molar-refractivity contribution in [3.05, 3.63) is 41.9 Å². The molecule has 1 amide bonds. The minimum atomic E-state index is 0.0171. The molecule has 4 rings (SSSR count). The smallest absolute Gasteiger partial charge is 0.222 e. The van der Waals surface area contributed by atoms with Crippen molar-refractivity contribution in [3.63, 3.8) is 0 Å². The third-order valence-corrected chi connectivity index (χ3v) is 5.96. The Morgan fingerprint density at radius 3 is 2.47 bits per heavy atom. The van der Waals surface area contributed by atoms with Crippen molar-refractivity contribution in [2.45, 2.75) is 65.1 Å². The summed E-state index contributed by atoms with van der Waals surface area (Å²) in [6.07, 6.45) is 3.86. The maximum Gasteiger partial charge on any atom is 0.222 e. The summed E-state index contributed by atoms with van der Waals surface area (Å²) in [7, 11) is 1.65. The number of ether oxygens (including phenoxy) is 1. The molecule has 2 aromatic heterocycles. The normalized spacial score (nSPS) is 18.8. The number of rotatable bonds is 7. The Bertz CT molecular complexity index is 1070. The number of hydrogen-bond acceptors (Lipinski definition) is 6. The Kier molecular flexibility index (Phi) is 6.69. The lowest BCUT2D eigenvalue weighted by Crippen LogP contribution is -2.41. The monoisotopic (exact) mass is 436 g/mol. The number of nitrogens with zero attached hydrogens (tertiary/aromatic N) is 4. The van der Waals surface area contributed by atoms with Gasteiger partial charge in [-0.1, -0.05) is 32.0 Å². The third kappa shape index (κ3) is 4.75. The van der Waals surface area contributed by atoms with Gasteiger partial charge >= 0.3 is 0 Å². The number of amides is 1. The lowest BCUT2D eigenvalue weighted by atomic mass is 9.90. The summed E-state index contributed by atoms with van der Waals surface area (Å²) < 4.78 is 7.19. The van der Waals surface area contributed by atoms with Gasteiger partial charge in [-0.3, -0.25) is 4.79 Å². The fraction of sp³-hybridized carbons (Fsp3) is 0.500. The zero-order valence-corrected chi connectivity index (χ0v) is 19.3. The van der Waals surface area contributed by atoms with Crippen LogP contribution in [0.1, 0.15) is 51.0 Å². The fourth-order valence-electron chi connectivity index (χ4n) is 4.22. The van der Waals surface area contributed by atoms with Gasteiger partial charge in [0.2, 0.25) is 5.91 Å². The fourth-order valence-corrected chi connectivity index (χ4v) is 4.22.